The van der Waals surface area contributed by atoms with Crippen LogP contribution in [0.5, 0.6) is 11.5 Å². The minimum atomic E-state index is -0.598. The van der Waals surface area contributed by atoms with Gasteiger partial charge in [-0.05, 0) is 41.7 Å². The lowest BCUT2D eigenvalue weighted by molar-refractivity contribution is -0.132. The molecule has 2 N–H and O–H groups in total. The van der Waals surface area contributed by atoms with Crippen LogP contribution in [0.15, 0.2) is 64.6 Å². The van der Waals surface area contributed by atoms with Crippen LogP contribution in [0.1, 0.15) is 50.7 Å². The number of esters is 1. The number of ketones is 1. The molecule has 1 aliphatic heterocycles. The maximum atomic E-state index is 13.7. The first-order valence-corrected chi connectivity index (χ1v) is 11.5. The lowest BCUT2D eigenvalue weighted by Gasteiger charge is -2.37. The van der Waals surface area contributed by atoms with E-state index in [2.05, 4.69) is 24.3 Å². The Morgan fingerprint density at radius 3 is 2.49 bits per heavy atom. The van der Waals surface area contributed by atoms with Crippen molar-refractivity contribution in [3.8, 4) is 17.2 Å². The number of allylic oxidation sites excluding steroid dienone is 2. The largest absolute Gasteiger partial charge is 0.493 e. The number of ether oxygens (including phenoxy) is 2. The fourth-order valence-electron chi connectivity index (χ4n) is 5.08. The van der Waals surface area contributed by atoms with Gasteiger partial charge < -0.3 is 14.8 Å². The smallest absolute Gasteiger partial charge is 0.308 e. The second kappa shape index (κ2) is 8.30. The zero-order valence-corrected chi connectivity index (χ0v) is 20.1. The Bertz CT molecular complexity index is 1430. The molecule has 0 spiro atoms. The Morgan fingerprint density at radius 2 is 1.80 bits per heavy atom. The molecule has 2 heterocycles. The summed E-state index contributed by atoms with van der Waals surface area (Å²) < 4.78 is 12.2. The highest BCUT2D eigenvalue weighted by molar-refractivity contribution is 6.01. The van der Waals surface area contributed by atoms with E-state index in [4.69, 9.17) is 9.47 Å². The molecule has 1 atom stereocenters. The number of Topliss-reactive ketones (excluding diaryl/α,β-unsaturated/α-hetero) is 1. The van der Waals surface area contributed by atoms with E-state index in [1.165, 1.54) is 18.7 Å². The van der Waals surface area contributed by atoms with Crippen LogP contribution >= 0.6 is 0 Å². The maximum Gasteiger partial charge on any atom is 0.308 e. The fourth-order valence-corrected chi connectivity index (χ4v) is 5.08. The number of anilines is 1. The standard InChI is InChI=1S/C27H27N3O5/c1-15(31)35-20-11-10-16(12-21(20)34-4)22-23-18(13-27(2,3)14-19(23)32)28-25-24(22)26(33)30(29-25)17-8-6-5-7-9-17/h5-12,22,28-29H,13-14H2,1-4H3. The van der Waals surface area contributed by atoms with E-state index in [0.29, 0.717) is 46.8 Å². The summed E-state index contributed by atoms with van der Waals surface area (Å²) in [5.41, 5.74) is 2.82. The van der Waals surface area contributed by atoms with Gasteiger partial charge in [0.2, 0.25) is 0 Å². The zero-order valence-electron chi connectivity index (χ0n) is 20.1. The molecule has 3 aromatic rings. The third-order valence-electron chi connectivity index (χ3n) is 6.49. The number of nitrogens with zero attached hydrogens (tertiary/aromatic N) is 1. The molecule has 1 aromatic heterocycles. The van der Waals surface area contributed by atoms with Crippen LogP contribution < -0.4 is 20.3 Å². The number of aromatic nitrogens is 2. The van der Waals surface area contributed by atoms with Crippen molar-refractivity contribution in [3.63, 3.8) is 0 Å². The monoisotopic (exact) mass is 473 g/mol. The highest BCUT2D eigenvalue weighted by Gasteiger charge is 2.43. The molecule has 1 aliphatic carbocycles. The van der Waals surface area contributed by atoms with Crippen molar-refractivity contribution < 1.29 is 19.1 Å². The van der Waals surface area contributed by atoms with Crippen LogP contribution in [0.2, 0.25) is 0 Å². The summed E-state index contributed by atoms with van der Waals surface area (Å²) in [5, 5.41) is 6.57. The molecular weight excluding hydrogens is 446 g/mol. The van der Waals surface area contributed by atoms with E-state index in [1.807, 2.05) is 30.3 Å². The minimum Gasteiger partial charge on any atom is -0.493 e. The van der Waals surface area contributed by atoms with Gasteiger partial charge in [0, 0.05) is 30.5 Å². The summed E-state index contributed by atoms with van der Waals surface area (Å²) in [6.45, 7) is 5.45. The summed E-state index contributed by atoms with van der Waals surface area (Å²) in [6, 6.07) is 14.4. The van der Waals surface area contributed by atoms with Gasteiger partial charge >= 0.3 is 5.97 Å². The molecule has 180 valence electrons. The van der Waals surface area contributed by atoms with Crippen LogP contribution in [-0.2, 0) is 9.59 Å². The molecule has 2 aromatic carbocycles. The first-order valence-electron chi connectivity index (χ1n) is 11.5. The van der Waals surface area contributed by atoms with E-state index in [1.54, 1.807) is 18.2 Å². The predicted molar refractivity (Wildman–Crippen MR) is 131 cm³/mol. The number of hydrogen-bond donors (Lipinski definition) is 2. The second-order valence-electron chi connectivity index (χ2n) is 9.77. The van der Waals surface area contributed by atoms with Gasteiger partial charge in [-0.3, -0.25) is 19.5 Å². The summed E-state index contributed by atoms with van der Waals surface area (Å²) >= 11 is 0. The van der Waals surface area contributed by atoms with E-state index in [9.17, 15) is 14.4 Å². The summed E-state index contributed by atoms with van der Waals surface area (Å²) in [5.74, 6) is 0.136. The second-order valence-corrected chi connectivity index (χ2v) is 9.77. The highest BCUT2D eigenvalue weighted by atomic mass is 16.6. The molecule has 8 nitrogen and oxygen atoms in total. The van der Waals surface area contributed by atoms with Crippen molar-refractivity contribution in [2.75, 3.05) is 12.4 Å². The number of para-hydroxylation sites is 1. The van der Waals surface area contributed by atoms with Crippen LogP contribution in [-0.4, -0.2) is 28.6 Å². The number of carbonyl (C=O) groups is 2. The van der Waals surface area contributed by atoms with Gasteiger partial charge in [0.1, 0.15) is 5.82 Å². The van der Waals surface area contributed by atoms with Crippen molar-refractivity contribution in [2.45, 2.75) is 39.5 Å². The summed E-state index contributed by atoms with van der Waals surface area (Å²) in [4.78, 5) is 38.7. The van der Waals surface area contributed by atoms with Gasteiger partial charge in [-0.1, -0.05) is 38.1 Å². The molecule has 0 saturated heterocycles. The lowest BCUT2D eigenvalue weighted by Crippen LogP contribution is -2.35. The number of hydrogen-bond acceptors (Lipinski definition) is 6. The van der Waals surface area contributed by atoms with Crippen LogP contribution in [0.4, 0.5) is 5.82 Å². The third kappa shape index (κ3) is 3.95. The number of nitrogens with one attached hydrogen (secondary N) is 2. The van der Waals surface area contributed by atoms with Crippen LogP contribution in [0.25, 0.3) is 5.69 Å². The van der Waals surface area contributed by atoms with Crippen molar-refractivity contribution in [2.24, 2.45) is 5.41 Å². The molecule has 0 fully saturated rings. The maximum absolute atomic E-state index is 13.7. The third-order valence-corrected chi connectivity index (χ3v) is 6.49. The molecule has 0 amide bonds. The van der Waals surface area contributed by atoms with Crippen molar-refractivity contribution in [1.29, 1.82) is 0 Å². The van der Waals surface area contributed by atoms with Gasteiger partial charge in [-0.15, -0.1) is 0 Å². The molecule has 35 heavy (non-hydrogen) atoms. The molecule has 8 heteroatoms. The normalized spacial score (nSPS) is 18.4. The zero-order chi connectivity index (χ0) is 24.9. The molecule has 0 bridgehead atoms. The quantitative estimate of drug-likeness (QED) is 0.433. The van der Waals surface area contributed by atoms with E-state index in [0.717, 1.165) is 5.70 Å². The van der Waals surface area contributed by atoms with Gasteiger partial charge in [0.05, 0.1) is 18.4 Å². The number of H-pyrrole nitrogens is 1. The number of carbonyl (C=O) groups excluding carboxylic acids is 2. The Labute approximate surface area is 202 Å². The molecule has 5 rings (SSSR count). The Balaban J connectivity index is 1.72. The SMILES string of the molecule is COc1cc(C2C3=C(CC(C)(C)CC3=O)Nc3[nH]n(-c4ccccc4)c(=O)c32)ccc1OC(C)=O. The van der Waals surface area contributed by atoms with Gasteiger partial charge in [0.15, 0.2) is 17.3 Å². The Hall–Kier alpha value is -4.07. The van der Waals surface area contributed by atoms with Crippen molar-refractivity contribution >= 4 is 17.6 Å². The highest BCUT2D eigenvalue weighted by Crippen LogP contribution is 2.48. The van der Waals surface area contributed by atoms with Crippen LogP contribution in [0, 0.1) is 5.41 Å². The first kappa shape index (κ1) is 22.7. The van der Waals surface area contributed by atoms with Crippen molar-refractivity contribution in [1.82, 2.24) is 9.78 Å². The fraction of sp³-hybridized carbons (Fsp3) is 0.296. The molecular formula is C27H27N3O5. The summed E-state index contributed by atoms with van der Waals surface area (Å²) in [7, 11) is 1.48. The van der Waals surface area contributed by atoms with Gasteiger partial charge in [-0.25, -0.2) is 4.68 Å². The molecule has 1 unspecified atom stereocenters. The molecule has 2 aliphatic rings. The number of fused-ring (bicyclic) bond motifs is 1. The molecule has 0 radical (unpaired) electrons. The van der Waals surface area contributed by atoms with Gasteiger partial charge in [0.25, 0.3) is 5.56 Å². The van der Waals surface area contributed by atoms with E-state index >= 15 is 0 Å². The predicted octanol–water partition coefficient (Wildman–Crippen LogP) is 4.30. The van der Waals surface area contributed by atoms with Crippen molar-refractivity contribution in [3.05, 3.63) is 81.3 Å². The first-order chi connectivity index (χ1) is 16.7. The average molecular weight is 474 g/mol. The Morgan fingerprint density at radius 1 is 1.06 bits per heavy atom. The topological polar surface area (TPSA) is 102 Å². The van der Waals surface area contributed by atoms with E-state index in [-0.39, 0.29) is 22.5 Å². The average Bonchev–Trinajstić information content (AvgIpc) is 3.13. The number of aromatic amines is 1. The lowest BCUT2D eigenvalue weighted by atomic mass is 9.69. The summed E-state index contributed by atoms with van der Waals surface area (Å²) in [6.07, 6.45) is 1.06. The number of rotatable bonds is 4. The van der Waals surface area contributed by atoms with Gasteiger partial charge in [-0.2, -0.15) is 0 Å². The molecule has 0 saturated carbocycles. The van der Waals surface area contributed by atoms with Crippen LogP contribution in [0.3, 0.4) is 0 Å². The Kier molecular flexibility index (Phi) is 5.39. The minimum absolute atomic E-state index is 0.00860. The number of benzene rings is 2. The van der Waals surface area contributed by atoms with E-state index < -0.39 is 11.9 Å². The number of methoxy groups -OCH3 is 1.